The number of rotatable bonds is 4. The van der Waals surface area contributed by atoms with Gasteiger partial charge in [-0.25, -0.2) is 9.59 Å². The lowest BCUT2D eigenvalue weighted by Crippen LogP contribution is -2.61. The van der Waals surface area contributed by atoms with E-state index in [1.165, 1.54) is 0 Å². The van der Waals surface area contributed by atoms with Gasteiger partial charge < -0.3 is 14.6 Å². The second kappa shape index (κ2) is 6.31. The van der Waals surface area contributed by atoms with E-state index in [1.807, 2.05) is 0 Å². The van der Waals surface area contributed by atoms with E-state index >= 15 is 0 Å². The van der Waals surface area contributed by atoms with Crippen molar-refractivity contribution in [1.29, 1.82) is 0 Å². The summed E-state index contributed by atoms with van der Waals surface area (Å²) >= 11 is 0. The number of hydrogen-bond acceptors (Lipinski definition) is 4. The van der Waals surface area contributed by atoms with E-state index in [9.17, 15) is 57.9 Å². The zero-order valence-corrected chi connectivity index (χ0v) is 10.2. The molecule has 1 N–H and O–H groups in total. The second-order valence-corrected chi connectivity index (χ2v) is 3.53. The molecule has 0 radical (unpaired) electrons. The summed E-state index contributed by atoms with van der Waals surface area (Å²) in [4.78, 5) is 20.0. The Morgan fingerprint density at radius 2 is 1.17 bits per heavy atom. The molecule has 0 aromatic rings. The molecule has 0 amide bonds. The van der Waals surface area contributed by atoms with Crippen LogP contribution in [0.15, 0.2) is 11.8 Å². The van der Waals surface area contributed by atoms with Crippen molar-refractivity contribution in [2.24, 2.45) is 0 Å². The summed E-state index contributed by atoms with van der Waals surface area (Å²) in [6.07, 6.45) is -12.7. The van der Waals surface area contributed by atoms with Crippen molar-refractivity contribution < 1.29 is 72.5 Å². The van der Waals surface area contributed by atoms with E-state index in [4.69, 9.17) is 5.11 Å². The molecule has 24 heavy (non-hydrogen) atoms. The van der Waals surface area contributed by atoms with Crippen molar-refractivity contribution in [1.82, 2.24) is 0 Å². The number of hydrogen-bond donors (Lipinski definition) is 1. The molecule has 0 heterocycles. The fraction of sp³-hybridized carbons (Fsp3) is 0.500. The zero-order chi connectivity index (χ0) is 19.7. The normalized spacial score (nSPS) is 14.8. The number of alkyl halides is 9. The molecule has 0 aliphatic heterocycles. The minimum atomic E-state index is -7.56. The molecule has 140 valence electrons. The minimum Gasteiger partial charge on any atom is -0.449 e. The van der Waals surface area contributed by atoms with Crippen LogP contribution in [0.25, 0.3) is 0 Å². The molecule has 0 aliphatic rings. The van der Waals surface area contributed by atoms with Gasteiger partial charge in [-0.3, -0.25) is 0 Å². The first kappa shape index (κ1) is 21.7. The highest BCUT2D eigenvalue weighted by Crippen LogP contribution is 2.55. The van der Waals surface area contributed by atoms with E-state index in [0.29, 0.717) is 0 Å². The first-order chi connectivity index (χ1) is 10.4. The molecule has 0 saturated heterocycles. The van der Waals surface area contributed by atoms with Crippen LogP contribution >= 0.6 is 0 Å². The fourth-order valence-corrected chi connectivity index (χ4v) is 0.847. The maximum Gasteiger partial charge on any atom is 0.526 e. The standard InChI is InChI=1S/C8HF11O5/c9-1(2(10)23-4(22)24-3(20)21)5(11,12)6(13,14)7(15,16)8(17,18)19/h(H,20,21). The lowest BCUT2D eigenvalue weighted by molar-refractivity contribution is -0.392. The quantitative estimate of drug-likeness (QED) is 0.336. The van der Waals surface area contributed by atoms with Gasteiger partial charge in [-0.05, 0) is 0 Å². The van der Waals surface area contributed by atoms with Crippen molar-refractivity contribution in [2.75, 3.05) is 0 Å². The van der Waals surface area contributed by atoms with Crippen LogP contribution in [0.2, 0.25) is 0 Å². The average molecular weight is 386 g/mol. The van der Waals surface area contributed by atoms with Gasteiger partial charge in [0.15, 0.2) is 0 Å². The van der Waals surface area contributed by atoms with Crippen LogP contribution in [-0.4, -0.2) is 41.4 Å². The average Bonchev–Trinajstić information content (AvgIpc) is 2.34. The molecule has 0 atom stereocenters. The number of ether oxygens (including phenoxy) is 2. The molecule has 0 spiro atoms. The molecule has 0 rings (SSSR count). The van der Waals surface area contributed by atoms with E-state index < -0.39 is 48.1 Å². The molecule has 0 aromatic carbocycles. The second-order valence-electron chi connectivity index (χ2n) is 3.53. The van der Waals surface area contributed by atoms with Crippen molar-refractivity contribution in [3.8, 4) is 0 Å². The van der Waals surface area contributed by atoms with Crippen LogP contribution in [-0.2, 0) is 9.47 Å². The highest BCUT2D eigenvalue weighted by molar-refractivity contribution is 5.76. The molecule has 5 nitrogen and oxygen atoms in total. The van der Waals surface area contributed by atoms with Crippen LogP contribution in [0.4, 0.5) is 57.9 Å². The van der Waals surface area contributed by atoms with E-state index in [-0.39, 0.29) is 0 Å². The Labute approximate surface area is 122 Å². The smallest absolute Gasteiger partial charge is 0.449 e. The summed E-state index contributed by atoms with van der Waals surface area (Å²) in [6.45, 7) is 0. The van der Waals surface area contributed by atoms with Crippen molar-refractivity contribution in [2.45, 2.75) is 23.9 Å². The number of carboxylic acid groups (broad SMARTS) is 1. The van der Waals surface area contributed by atoms with Gasteiger partial charge in [0.1, 0.15) is 0 Å². The molecule has 0 bridgehead atoms. The van der Waals surface area contributed by atoms with Crippen molar-refractivity contribution in [3.63, 3.8) is 0 Å². The maximum atomic E-state index is 12.8. The van der Waals surface area contributed by atoms with Gasteiger partial charge in [0.2, 0.25) is 5.83 Å². The van der Waals surface area contributed by atoms with Crippen LogP contribution in [0.1, 0.15) is 0 Å². The van der Waals surface area contributed by atoms with Gasteiger partial charge in [-0.15, -0.1) is 0 Å². The Balaban J connectivity index is 5.82. The van der Waals surface area contributed by atoms with Crippen LogP contribution in [0, 0.1) is 0 Å². The third-order valence-electron chi connectivity index (χ3n) is 1.94. The predicted octanol–water partition coefficient (Wildman–Crippen LogP) is 4.39. The summed E-state index contributed by atoms with van der Waals surface area (Å²) < 4.78 is 142. The molecule has 0 aliphatic carbocycles. The van der Waals surface area contributed by atoms with Crippen LogP contribution in [0.5, 0.6) is 0 Å². The van der Waals surface area contributed by atoms with E-state index in [0.717, 1.165) is 0 Å². The number of carbonyl (C=O) groups is 2. The Kier molecular flexibility index (Phi) is 5.71. The summed E-state index contributed by atoms with van der Waals surface area (Å²) in [5, 5.41) is 7.77. The van der Waals surface area contributed by atoms with E-state index in [2.05, 4.69) is 9.47 Å². The largest absolute Gasteiger partial charge is 0.526 e. The Hall–Kier alpha value is -2.29. The molecular formula is C8HF11O5. The molecule has 16 heteroatoms. The van der Waals surface area contributed by atoms with Gasteiger partial charge in [0.05, 0.1) is 0 Å². The monoisotopic (exact) mass is 386 g/mol. The first-order valence-corrected chi connectivity index (χ1v) is 4.78. The van der Waals surface area contributed by atoms with Gasteiger partial charge in [0.25, 0.3) is 0 Å². The number of allylic oxidation sites excluding steroid dienone is 1. The maximum absolute atomic E-state index is 12.8. The lowest BCUT2D eigenvalue weighted by Gasteiger charge is -2.32. The van der Waals surface area contributed by atoms with Crippen molar-refractivity contribution in [3.05, 3.63) is 11.8 Å². The highest BCUT2D eigenvalue weighted by Gasteiger charge is 2.83. The SMILES string of the molecule is O=C(O)OC(=O)OC(F)=C(F)C(F)(F)C(F)(F)C(F)(F)C(F)(F)F. The molecule has 0 aromatic heterocycles. The fourth-order valence-electron chi connectivity index (χ4n) is 0.847. The predicted molar refractivity (Wildman–Crippen MR) is 45.7 cm³/mol. The zero-order valence-electron chi connectivity index (χ0n) is 10.2. The molecule has 0 fully saturated rings. The van der Waals surface area contributed by atoms with Crippen molar-refractivity contribution >= 4 is 12.3 Å². The molecule has 0 unspecified atom stereocenters. The Morgan fingerprint density at radius 1 is 0.750 bits per heavy atom. The van der Waals surface area contributed by atoms with Crippen LogP contribution < -0.4 is 0 Å². The first-order valence-electron chi connectivity index (χ1n) is 4.78. The van der Waals surface area contributed by atoms with Gasteiger partial charge >= 0.3 is 42.3 Å². The minimum absolute atomic E-state index is 2.58. The van der Waals surface area contributed by atoms with E-state index in [1.54, 1.807) is 0 Å². The Bertz CT molecular complexity index is 549. The third-order valence-corrected chi connectivity index (χ3v) is 1.94. The lowest BCUT2D eigenvalue weighted by atomic mass is 10.0. The van der Waals surface area contributed by atoms with Gasteiger partial charge in [0, 0.05) is 0 Å². The van der Waals surface area contributed by atoms with Crippen LogP contribution in [0.3, 0.4) is 0 Å². The topological polar surface area (TPSA) is 72.8 Å². The molecular weight excluding hydrogens is 385 g/mol. The van der Waals surface area contributed by atoms with Gasteiger partial charge in [-0.2, -0.15) is 48.3 Å². The third kappa shape index (κ3) is 3.78. The number of halogens is 11. The summed E-state index contributed by atoms with van der Waals surface area (Å²) in [7, 11) is 0. The summed E-state index contributed by atoms with van der Waals surface area (Å²) in [6, 6.07) is -3.73. The Morgan fingerprint density at radius 3 is 1.50 bits per heavy atom. The highest BCUT2D eigenvalue weighted by atomic mass is 19.4. The summed E-state index contributed by atoms with van der Waals surface area (Å²) in [5.74, 6) is -26.6. The number of carbonyl (C=O) groups excluding carboxylic acids is 1. The molecule has 0 saturated carbocycles. The summed E-state index contributed by atoms with van der Waals surface area (Å²) in [5.41, 5.74) is 0. The van der Waals surface area contributed by atoms with Gasteiger partial charge in [-0.1, -0.05) is 0 Å².